The fourth-order valence-corrected chi connectivity index (χ4v) is 7.28. The number of hydrogen-bond acceptors (Lipinski definition) is 3. The predicted octanol–water partition coefficient (Wildman–Crippen LogP) is 6.53. The molecule has 1 amide bonds. The molecule has 2 aromatic rings. The van der Waals surface area contributed by atoms with E-state index >= 15 is 0 Å². The van der Waals surface area contributed by atoms with E-state index in [-0.39, 0.29) is 5.41 Å². The zero-order chi connectivity index (χ0) is 26.0. The summed E-state index contributed by atoms with van der Waals surface area (Å²) in [5, 5.41) is 11.5. The lowest BCUT2D eigenvalue weighted by Crippen LogP contribution is -2.44. The molecule has 0 radical (unpaired) electrons. The lowest BCUT2D eigenvalue weighted by molar-refractivity contribution is -0.0158. The van der Waals surface area contributed by atoms with Crippen molar-refractivity contribution in [1.29, 1.82) is 0 Å². The summed E-state index contributed by atoms with van der Waals surface area (Å²) in [5.41, 5.74) is 12.2. The Hall–Kier alpha value is -2.69. The van der Waals surface area contributed by atoms with E-state index in [1.54, 1.807) is 6.07 Å². The zero-order valence-corrected chi connectivity index (χ0v) is 22.3. The summed E-state index contributed by atoms with van der Waals surface area (Å²) >= 11 is 0. The monoisotopic (exact) mass is 499 g/mol. The number of aliphatic hydroxyl groups is 1. The second kappa shape index (κ2) is 11.0. The van der Waals surface area contributed by atoms with Crippen molar-refractivity contribution < 1.29 is 14.6 Å². The number of amides is 1. The highest BCUT2D eigenvalue weighted by molar-refractivity contribution is 5.93. The number of unbranched alkanes of at least 4 members (excludes halogenated alkanes) is 1. The first-order valence-electron chi connectivity index (χ1n) is 14.1. The van der Waals surface area contributed by atoms with Gasteiger partial charge in [0.15, 0.2) is 0 Å². The summed E-state index contributed by atoms with van der Waals surface area (Å²) in [4.78, 5) is 11.6. The Bertz CT molecular complexity index is 1200. The molecule has 4 heteroatoms. The molecule has 0 heterocycles. The number of aryl methyl sites for hydroxylation is 1. The van der Waals surface area contributed by atoms with E-state index in [2.05, 4.69) is 50.3 Å². The highest BCUT2D eigenvalue weighted by Crippen LogP contribution is 2.62. The lowest BCUT2D eigenvalue weighted by Gasteiger charge is -2.49. The summed E-state index contributed by atoms with van der Waals surface area (Å²) < 4.78 is 5.67. The van der Waals surface area contributed by atoms with Crippen molar-refractivity contribution in [1.82, 2.24) is 0 Å². The van der Waals surface area contributed by atoms with Gasteiger partial charge in [-0.2, -0.15) is 0 Å². The molecular formula is C33H41NO3. The van der Waals surface area contributed by atoms with Crippen LogP contribution in [0.5, 0.6) is 0 Å². The van der Waals surface area contributed by atoms with Gasteiger partial charge in [-0.1, -0.05) is 68.8 Å². The molecule has 5 rings (SSSR count). The van der Waals surface area contributed by atoms with E-state index in [0.717, 1.165) is 56.3 Å². The Morgan fingerprint density at radius 1 is 1.19 bits per heavy atom. The highest BCUT2D eigenvalue weighted by atomic mass is 16.5. The molecule has 2 aromatic carbocycles. The van der Waals surface area contributed by atoms with E-state index in [1.807, 2.05) is 18.2 Å². The van der Waals surface area contributed by atoms with Gasteiger partial charge in [0.2, 0.25) is 5.91 Å². The molecule has 0 spiro atoms. The number of benzene rings is 2. The van der Waals surface area contributed by atoms with Crippen LogP contribution < -0.4 is 5.73 Å². The first kappa shape index (κ1) is 25.9. The standard InChI is InChI=1S/C33H41NO3/c1-3-4-16-37-17-6-8-22-10-12-27-24(18-22)11-13-29-28(27)14-15-33(2)30(29)21-26(31(33)35)20-23-7-5-9-25(19-23)32(34)36/h5-10,12,18-20,28-31,35H,3-4,11,13-17,21H2,1-2H3,(H2,34,36)/b8-6+,26-20+/t28-,29-,30+,31+,33+/m1/s1. The van der Waals surface area contributed by atoms with Crippen LogP contribution >= 0.6 is 0 Å². The number of primary amides is 1. The summed E-state index contributed by atoms with van der Waals surface area (Å²) in [5.74, 6) is 1.22. The Labute approximate surface area is 221 Å². The molecule has 0 unspecified atom stereocenters. The van der Waals surface area contributed by atoms with Crippen LogP contribution in [0.3, 0.4) is 0 Å². The number of fused-ring (bicyclic) bond motifs is 5. The minimum Gasteiger partial charge on any atom is -0.388 e. The fraction of sp³-hybridized carbons (Fsp3) is 0.485. The second-order valence-electron chi connectivity index (χ2n) is 11.6. The van der Waals surface area contributed by atoms with Crippen molar-refractivity contribution in [3.05, 3.63) is 81.9 Å². The smallest absolute Gasteiger partial charge is 0.248 e. The van der Waals surface area contributed by atoms with Gasteiger partial charge in [-0.3, -0.25) is 4.79 Å². The number of ether oxygens (including phenoxy) is 1. The van der Waals surface area contributed by atoms with Crippen LogP contribution in [0.15, 0.2) is 54.1 Å². The minimum atomic E-state index is -0.441. The molecule has 0 aromatic heterocycles. The van der Waals surface area contributed by atoms with Crippen LogP contribution in [0.1, 0.15) is 90.9 Å². The van der Waals surface area contributed by atoms with Crippen molar-refractivity contribution in [2.75, 3.05) is 13.2 Å². The molecule has 4 nitrogen and oxygen atoms in total. The van der Waals surface area contributed by atoms with E-state index in [1.165, 1.54) is 23.1 Å². The van der Waals surface area contributed by atoms with Crippen LogP contribution in [-0.2, 0) is 11.2 Å². The molecule has 0 bridgehead atoms. The van der Waals surface area contributed by atoms with Crippen molar-refractivity contribution in [2.45, 2.75) is 70.8 Å². The molecule has 0 aliphatic heterocycles. The lowest BCUT2D eigenvalue weighted by atomic mass is 9.55. The molecule has 2 fully saturated rings. The number of carbonyl (C=O) groups is 1. The Kier molecular flexibility index (Phi) is 7.69. The molecule has 2 saturated carbocycles. The van der Waals surface area contributed by atoms with Gasteiger partial charge >= 0.3 is 0 Å². The molecule has 3 aliphatic rings. The SMILES string of the molecule is CCCCOC/C=C/c1ccc2c(c1)CC[C@@H]1[C@@H]2CC[C@]2(C)[C@@H](O)/C(=C/c3cccc(C(N)=O)c3)C[C@@H]12. The second-order valence-corrected chi connectivity index (χ2v) is 11.6. The predicted molar refractivity (Wildman–Crippen MR) is 150 cm³/mol. The van der Waals surface area contributed by atoms with Crippen LogP contribution in [0.2, 0.25) is 0 Å². The van der Waals surface area contributed by atoms with Crippen molar-refractivity contribution >= 4 is 18.1 Å². The number of hydrogen-bond donors (Lipinski definition) is 2. The summed E-state index contributed by atoms with van der Waals surface area (Å²) in [7, 11) is 0. The summed E-state index contributed by atoms with van der Waals surface area (Å²) in [6.45, 7) is 5.98. The van der Waals surface area contributed by atoms with Gasteiger partial charge in [0.1, 0.15) is 0 Å². The maximum Gasteiger partial charge on any atom is 0.248 e. The fourth-order valence-electron chi connectivity index (χ4n) is 7.28. The van der Waals surface area contributed by atoms with Crippen molar-refractivity contribution in [2.24, 2.45) is 23.0 Å². The van der Waals surface area contributed by atoms with Gasteiger partial charge in [0, 0.05) is 17.6 Å². The number of nitrogens with two attached hydrogens (primary N) is 1. The zero-order valence-electron chi connectivity index (χ0n) is 22.3. The normalized spacial score (nSPS) is 29.8. The van der Waals surface area contributed by atoms with E-state index < -0.39 is 12.0 Å². The van der Waals surface area contributed by atoms with Crippen LogP contribution in [-0.4, -0.2) is 30.3 Å². The molecule has 196 valence electrons. The molecule has 5 atom stereocenters. The molecule has 3 N–H and O–H groups in total. The van der Waals surface area contributed by atoms with Gasteiger partial charge in [0.25, 0.3) is 0 Å². The average molecular weight is 500 g/mol. The van der Waals surface area contributed by atoms with E-state index in [0.29, 0.717) is 29.9 Å². The Morgan fingerprint density at radius 2 is 2.05 bits per heavy atom. The van der Waals surface area contributed by atoms with Crippen LogP contribution in [0.25, 0.3) is 12.2 Å². The first-order chi connectivity index (χ1) is 17.9. The van der Waals surface area contributed by atoms with Crippen LogP contribution in [0, 0.1) is 17.3 Å². The first-order valence-corrected chi connectivity index (χ1v) is 14.1. The maximum atomic E-state index is 11.6. The van der Waals surface area contributed by atoms with E-state index in [9.17, 15) is 9.90 Å². The number of aliphatic hydroxyl groups excluding tert-OH is 1. The van der Waals surface area contributed by atoms with Gasteiger partial charge in [-0.25, -0.2) is 0 Å². The number of rotatable bonds is 8. The largest absolute Gasteiger partial charge is 0.388 e. The molecule has 0 saturated heterocycles. The van der Waals surface area contributed by atoms with Gasteiger partial charge in [-0.05, 0) is 96.2 Å². The quantitative estimate of drug-likeness (QED) is 0.406. The third kappa shape index (κ3) is 5.19. The Balaban J connectivity index is 1.32. The summed E-state index contributed by atoms with van der Waals surface area (Å²) in [6, 6.07) is 14.4. The van der Waals surface area contributed by atoms with Gasteiger partial charge in [-0.15, -0.1) is 0 Å². The third-order valence-electron chi connectivity index (χ3n) is 9.31. The average Bonchev–Trinajstić information content (AvgIpc) is 3.15. The maximum absolute atomic E-state index is 11.6. The molecular weight excluding hydrogens is 458 g/mol. The van der Waals surface area contributed by atoms with Gasteiger partial charge < -0.3 is 15.6 Å². The van der Waals surface area contributed by atoms with Gasteiger partial charge in [0.05, 0.1) is 12.7 Å². The van der Waals surface area contributed by atoms with Crippen molar-refractivity contribution in [3.63, 3.8) is 0 Å². The van der Waals surface area contributed by atoms with Crippen molar-refractivity contribution in [3.8, 4) is 0 Å². The van der Waals surface area contributed by atoms with Crippen LogP contribution in [0.4, 0.5) is 0 Å². The third-order valence-corrected chi connectivity index (χ3v) is 9.31. The highest BCUT2D eigenvalue weighted by Gasteiger charge is 2.56. The molecule has 3 aliphatic carbocycles. The summed E-state index contributed by atoms with van der Waals surface area (Å²) in [6.07, 6.45) is 13.6. The topological polar surface area (TPSA) is 72.6 Å². The van der Waals surface area contributed by atoms with E-state index in [4.69, 9.17) is 10.5 Å². The minimum absolute atomic E-state index is 0.0910. The number of carbonyl (C=O) groups excluding carboxylic acids is 1. The Morgan fingerprint density at radius 3 is 2.86 bits per heavy atom. The molecule has 37 heavy (non-hydrogen) atoms.